The van der Waals surface area contributed by atoms with Crippen LogP contribution in [0.4, 0.5) is 16.2 Å². The number of rotatable bonds is 5. The second-order valence-electron chi connectivity index (χ2n) is 9.49. The van der Waals surface area contributed by atoms with Crippen LogP contribution in [0.15, 0.2) is 65.4 Å². The van der Waals surface area contributed by atoms with Gasteiger partial charge in [-0.2, -0.15) is 0 Å². The molecule has 1 unspecified atom stereocenters. The summed E-state index contributed by atoms with van der Waals surface area (Å²) in [4.78, 5) is 20.4. The van der Waals surface area contributed by atoms with Crippen molar-refractivity contribution in [2.24, 2.45) is 4.99 Å². The quantitative estimate of drug-likeness (QED) is 0.278. The summed E-state index contributed by atoms with van der Waals surface area (Å²) < 4.78 is 0. The van der Waals surface area contributed by atoms with E-state index in [1.54, 1.807) is 13.0 Å². The van der Waals surface area contributed by atoms with Gasteiger partial charge in [-0.05, 0) is 75.7 Å². The van der Waals surface area contributed by atoms with E-state index in [0.29, 0.717) is 17.4 Å². The number of amides is 2. The Kier molecular flexibility index (Phi) is 11.9. The van der Waals surface area contributed by atoms with E-state index in [1.165, 1.54) is 35.7 Å². The Morgan fingerprint density at radius 3 is 2.42 bits per heavy atom. The number of allylic oxidation sites excluding steroid dienone is 1. The van der Waals surface area contributed by atoms with Crippen molar-refractivity contribution in [1.82, 2.24) is 10.2 Å². The highest BCUT2D eigenvalue weighted by Gasteiger charge is 2.35. The first-order valence-corrected chi connectivity index (χ1v) is 13.8. The zero-order valence-electron chi connectivity index (χ0n) is 24.8. The van der Waals surface area contributed by atoms with Gasteiger partial charge in [0.25, 0.3) is 0 Å². The van der Waals surface area contributed by atoms with Crippen LogP contribution < -0.4 is 15.5 Å². The largest absolute Gasteiger partial charge is 0.506 e. The Labute approximate surface area is 238 Å². The Bertz CT molecular complexity index is 1260. The molecular weight excluding hydrogens is 504 g/mol. The lowest BCUT2D eigenvalue weighted by Crippen LogP contribution is -2.54. The predicted molar refractivity (Wildman–Crippen MR) is 166 cm³/mol. The van der Waals surface area contributed by atoms with Gasteiger partial charge in [0.2, 0.25) is 0 Å². The van der Waals surface area contributed by atoms with Crippen LogP contribution in [-0.2, 0) is 6.42 Å². The molecule has 1 atom stereocenters. The molecule has 40 heavy (non-hydrogen) atoms. The third-order valence-corrected chi connectivity index (χ3v) is 6.26. The highest BCUT2D eigenvalue weighted by molar-refractivity contribution is 6.40. The van der Waals surface area contributed by atoms with Gasteiger partial charge in [0, 0.05) is 11.7 Å². The predicted octanol–water partition coefficient (Wildman–Crippen LogP) is 6.91. The molecule has 0 saturated carbocycles. The van der Waals surface area contributed by atoms with Crippen LogP contribution in [0.2, 0.25) is 0 Å². The topological polar surface area (TPSA) is 124 Å². The lowest BCUT2D eigenvalue weighted by Gasteiger charge is -2.31. The minimum Gasteiger partial charge on any atom is -0.506 e. The smallest absolute Gasteiger partial charge is 0.333 e. The summed E-state index contributed by atoms with van der Waals surface area (Å²) in [6, 6.07) is 9.96. The standard InChI is InChI=1S/C26H30N6O3.C3H8.C2H6/c1-5-18-24(27)32(23-21(33)10-7-11-22(23)34)26(35)30-25(18)29-15(2)28-17-13-12-16-8-6-9-20(31(3)4)19(16)14-17;1-3-2;1-2/h5,7,10-14,20,27-28,33-34H,2,6,8-9H2,1,3-4H3,(H,29,30,35);3H2,1-2H3;1-2H3/b18-5-,27-24?;;. The van der Waals surface area contributed by atoms with E-state index in [2.05, 4.69) is 67.2 Å². The van der Waals surface area contributed by atoms with Crippen LogP contribution in [0.5, 0.6) is 11.5 Å². The van der Waals surface area contributed by atoms with Crippen molar-refractivity contribution in [3.8, 4) is 11.5 Å². The van der Waals surface area contributed by atoms with E-state index < -0.39 is 6.03 Å². The van der Waals surface area contributed by atoms with E-state index in [9.17, 15) is 15.0 Å². The molecule has 0 spiro atoms. The van der Waals surface area contributed by atoms with Crippen molar-refractivity contribution in [3.63, 3.8) is 0 Å². The van der Waals surface area contributed by atoms with Crippen LogP contribution in [0.25, 0.3) is 0 Å². The monoisotopic (exact) mass is 548 g/mol. The number of carbonyl (C=O) groups excluding carboxylic acids is 1. The number of nitrogens with zero attached hydrogens (tertiary/aromatic N) is 3. The van der Waals surface area contributed by atoms with Gasteiger partial charge in [-0.1, -0.05) is 58.9 Å². The van der Waals surface area contributed by atoms with E-state index >= 15 is 0 Å². The molecule has 1 heterocycles. The normalized spacial score (nSPS) is 18.3. The van der Waals surface area contributed by atoms with Crippen LogP contribution in [0, 0.1) is 5.41 Å². The molecule has 0 radical (unpaired) electrons. The summed E-state index contributed by atoms with van der Waals surface area (Å²) in [5.41, 5.74) is 3.61. The van der Waals surface area contributed by atoms with Gasteiger partial charge >= 0.3 is 6.03 Å². The Hall–Kier alpha value is -4.11. The fourth-order valence-electron chi connectivity index (χ4n) is 4.60. The molecule has 9 heteroatoms. The molecule has 0 bridgehead atoms. The molecule has 1 fully saturated rings. The lowest BCUT2D eigenvalue weighted by molar-refractivity contribution is 0.252. The number of amidine groups is 2. The maximum Gasteiger partial charge on any atom is 0.333 e. The first-order chi connectivity index (χ1) is 19.1. The number of aromatic hydroxyl groups is 2. The van der Waals surface area contributed by atoms with Crippen molar-refractivity contribution in [1.29, 1.82) is 5.41 Å². The van der Waals surface area contributed by atoms with Crippen LogP contribution in [-0.4, -0.2) is 46.9 Å². The van der Waals surface area contributed by atoms with E-state index in [-0.39, 0.29) is 28.9 Å². The Balaban J connectivity index is 0.00000105. The summed E-state index contributed by atoms with van der Waals surface area (Å²) in [6.07, 6.45) is 6.20. The molecule has 5 N–H and O–H groups in total. The molecule has 0 aromatic heterocycles. The minimum absolute atomic E-state index is 0.148. The average Bonchev–Trinajstić information content (AvgIpc) is 2.91. The highest BCUT2D eigenvalue weighted by atomic mass is 16.3. The van der Waals surface area contributed by atoms with Gasteiger partial charge in [0.15, 0.2) is 0 Å². The molecule has 2 amide bonds. The molecule has 1 aliphatic heterocycles. The van der Waals surface area contributed by atoms with Crippen molar-refractivity contribution >= 4 is 29.1 Å². The summed E-state index contributed by atoms with van der Waals surface area (Å²) in [6.45, 7) is 13.9. The zero-order chi connectivity index (χ0) is 30.0. The number of hydrogen-bond acceptors (Lipinski definition) is 7. The number of urea groups is 1. The van der Waals surface area contributed by atoms with Gasteiger partial charge in [-0.3, -0.25) is 10.7 Å². The number of aliphatic imine (C=N–C) groups is 1. The molecule has 4 rings (SSSR count). The fourth-order valence-corrected chi connectivity index (χ4v) is 4.60. The number of phenols is 2. The summed E-state index contributed by atoms with van der Waals surface area (Å²) >= 11 is 0. The number of nitrogens with one attached hydrogen (secondary N) is 3. The third kappa shape index (κ3) is 7.30. The van der Waals surface area contributed by atoms with Crippen molar-refractivity contribution in [2.75, 3.05) is 24.3 Å². The van der Waals surface area contributed by atoms with Crippen LogP contribution >= 0.6 is 0 Å². The second-order valence-corrected chi connectivity index (χ2v) is 9.49. The van der Waals surface area contributed by atoms with Gasteiger partial charge in [-0.25, -0.2) is 14.7 Å². The fraction of sp³-hybridized carbons (Fsp3) is 0.387. The first kappa shape index (κ1) is 32.1. The maximum atomic E-state index is 12.9. The number of phenolic OH excluding ortho intramolecular Hbond substituents is 2. The molecule has 9 nitrogen and oxygen atoms in total. The molecule has 2 aromatic carbocycles. The number of fused-ring (bicyclic) bond motifs is 1. The average molecular weight is 549 g/mol. The third-order valence-electron chi connectivity index (χ3n) is 6.26. The van der Waals surface area contributed by atoms with Crippen LogP contribution in [0.3, 0.4) is 0 Å². The lowest BCUT2D eigenvalue weighted by atomic mass is 9.87. The Morgan fingerprint density at radius 1 is 1.23 bits per heavy atom. The number of anilines is 2. The first-order valence-electron chi connectivity index (χ1n) is 13.8. The summed E-state index contributed by atoms with van der Waals surface area (Å²) in [5, 5.41) is 34.8. The molecular formula is C31H44N6O3. The summed E-state index contributed by atoms with van der Waals surface area (Å²) in [5.74, 6) is -0.438. The number of benzene rings is 2. The Morgan fingerprint density at radius 2 is 1.85 bits per heavy atom. The number of para-hydroxylation sites is 1. The van der Waals surface area contributed by atoms with Crippen molar-refractivity contribution in [2.45, 2.75) is 66.3 Å². The van der Waals surface area contributed by atoms with Gasteiger partial charge < -0.3 is 20.4 Å². The van der Waals surface area contributed by atoms with Gasteiger partial charge in [-0.15, -0.1) is 0 Å². The van der Waals surface area contributed by atoms with Gasteiger partial charge in [0.05, 0.1) is 5.57 Å². The highest BCUT2D eigenvalue weighted by Crippen LogP contribution is 2.38. The molecule has 1 saturated heterocycles. The van der Waals surface area contributed by atoms with Crippen molar-refractivity contribution in [3.05, 3.63) is 71.6 Å². The zero-order valence-corrected chi connectivity index (χ0v) is 24.8. The SMILES string of the molecule is C=C(/N=C1/NC(=O)N(c2c(O)cccc2O)C(=N)/C1=C/C)Nc1ccc2c(c1)C(N(C)C)CCC2.CC.CCC. The summed E-state index contributed by atoms with van der Waals surface area (Å²) in [7, 11) is 4.17. The van der Waals surface area contributed by atoms with E-state index in [4.69, 9.17) is 5.41 Å². The number of carbonyl (C=O) groups is 1. The molecule has 2 aromatic rings. The molecule has 1 aliphatic carbocycles. The van der Waals surface area contributed by atoms with E-state index in [1.807, 2.05) is 19.9 Å². The number of aryl methyl sites for hydroxylation is 1. The van der Waals surface area contributed by atoms with Crippen molar-refractivity contribution < 1.29 is 15.0 Å². The van der Waals surface area contributed by atoms with E-state index in [0.717, 1.165) is 29.8 Å². The van der Waals surface area contributed by atoms with Gasteiger partial charge in [0.1, 0.15) is 34.7 Å². The second kappa shape index (κ2) is 14.9. The minimum atomic E-state index is -0.730. The molecule has 216 valence electrons. The van der Waals surface area contributed by atoms with Crippen LogP contribution in [0.1, 0.15) is 71.0 Å². The maximum absolute atomic E-state index is 12.9. The number of hydrogen-bond donors (Lipinski definition) is 5. The molecule has 2 aliphatic rings.